The van der Waals surface area contributed by atoms with Crippen molar-refractivity contribution in [2.45, 2.75) is 31.7 Å². The molecule has 0 saturated carbocycles. The predicted octanol–water partition coefficient (Wildman–Crippen LogP) is 3.53. The quantitative estimate of drug-likeness (QED) is 0.119. The number of rotatable bonds is 10. The Morgan fingerprint density at radius 1 is 1.05 bits per heavy atom. The minimum absolute atomic E-state index is 0. The first kappa shape index (κ1) is 30.1. The predicted molar refractivity (Wildman–Crippen MR) is 151 cm³/mol. The summed E-state index contributed by atoms with van der Waals surface area (Å²) in [5.74, 6) is -2.93. The first-order valence-electron chi connectivity index (χ1n) is 11.9. The number of amides is 1. The van der Waals surface area contributed by atoms with E-state index < -0.39 is 24.5 Å². The fourth-order valence-electron chi connectivity index (χ4n) is 4.47. The Hall–Kier alpha value is -4.42. The number of aromatic carboxylic acids is 1. The number of esters is 1. The minimum Gasteiger partial charge on any atom is -0.480 e. The van der Waals surface area contributed by atoms with Crippen molar-refractivity contribution in [3.63, 3.8) is 0 Å². The molecular formula is C27H27ClN4O7S. The van der Waals surface area contributed by atoms with Crippen molar-refractivity contribution in [2.24, 2.45) is 16.5 Å². The highest BCUT2D eigenvalue weighted by Crippen LogP contribution is 2.38. The molecule has 0 spiro atoms. The number of carbonyl (C=O) groups is 4. The fourth-order valence-corrected chi connectivity index (χ4v) is 5.21. The van der Waals surface area contributed by atoms with Crippen LogP contribution in [0.15, 0.2) is 58.9 Å². The van der Waals surface area contributed by atoms with Crippen molar-refractivity contribution < 1.29 is 34.1 Å². The molecule has 2 aromatic carbocycles. The Bertz CT molecular complexity index is 1450. The molecule has 210 valence electrons. The van der Waals surface area contributed by atoms with Gasteiger partial charge in [-0.15, -0.1) is 23.7 Å². The third-order valence-corrected chi connectivity index (χ3v) is 7.19. The van der Waals surface area contributed by atoms with E-state index in [1.54, 1.807) is 41.8 Å². The molecule has 0 aliphatic heterocycles. The molecule has 0 radical (unpaired) electrons. The molecule has 6 N–H and O–H groups in total. The summed E-state index contributed by atoms with van der Waals surface area (Å²) in [5.41, 5.74) is 14.0. The van der Waals surface area contributed by atoms with Crippen LogP contribution in [0, 0.1) is 0 Å². The molecule has 40 heavy (non-hydrogen) atoms. The molecule has 1 amide bonds. The van der Waals surface area contributed by atoms with E-state index >= 15 is 0 Å². The van der Waals surface area contributed by atoms with E-state index in [-0.39, 0.29) is 48.0 Å². The molecule has 3 aromatic rings. The van der Waals surface area contributed by atoms with Crippen molar-refractivity contribution in [1.82, 2.24) is 4.90 Å². The van der Waals surface area contributed by atoms with Crippen molar-refractivity contribution in [2.75, 3.05) is 6.54 Å². The van der Waals surface area contributed by atoms with E-state index in [1.165, 1.54) is 11.0 Å². The molecule has 1 atom stereocenters. The summed E-state index contributed by atoms with van der Waals surface area (Å²) >= 11 is 1.03. The summed E-state index contributed by atoms with van der Waals surface area (Å²) in [6.07, 6.45) is 1.47. The number of carbonyl (C=O) groups excluding carboxylic acids is 2. The van der Waals surface area contributed by atoms with E-state index in [0.717, 1.165) is 22.5 Å². The summed E-state index contributed by atoms with van der Waals surface area (Å²) in [7, 11) is 0. The molecule has 1 aromatic heterocycles. The van der Waals surface area contributed by atoms with Crippen molar-refractivity contribution >= 4 is 59.2 Å². The Labute approximate surface area is 239 Å². The number of aryl methyl sites for hydroxylation is 1. The molecule has 4 rings (SSSR count). The monoisotopic (exact) mass is 586 g/mol. The van der Waals surface area contributed by atoms with Gasteiger partial charge in [-0.3, -0.25) is 9.59 Å². The van der Waals surface area contributed by atoms with Crippen LogP contribution >= 0.6 is 23.7 Å². The van der Waals surface area contributed by atoms with Crippen LogP contribution in [0.25, 0.3) is 0 Å². The SMILES string of the molecule is Cl.NC(N)=Nc1ccc(C(=O)Oc2ccc3c(c2)CCC3CC(=O)N(CC(=O)O)Cc2csc(C(=O)O)c2)cc1. The molecule has 1 unspecified atom stereocenters. The lowest BCUT2D eigenvalue weighted by Crippen LogP contribution is -2.35. The van der Waals surface area contributed by atoms with Crippen LogP contribution in [0.4, 0.5) is 5.69 Å². The third kappa shape index (κ3) is 7.58. The lowest BCUT2D eigenvalue weighted by molar-refractivity contribution is -0.145. The molecule has 11 nitrogen and oxygen atoms in total. The van der Waals surface area contributed by atoms with Gasteiger partial charge in [0.1, 0.15) is 17.2 Å². The number of aliphatic carboxylic acids is 1. The smallest absolute Gasteiger partial charge is 0.345 e. The van der Waals surface area contributed by atoms with Crippen molar-refractivity contribution in [1.29, 1.82) is 0 Å². The highest BCUT2D eigenvalue weighted by molar-refractivity contribution is 7.12. The summed E-state index contributed by atoms with van der Waals surface area (Å²) in [6, 6.07) is 13.0. The maximum atomic E-state index is 13.1. The van der Waals surface area contributed by atoms with Crippen LogP contribution in [0.2, 0.25) is 0 Å². The fraction of sp³-hybridized carbons (Fsp3) is 0.222. The Morgan fingerprint density at radius 3 is 2.40 bits per heavy atom. The van der Waals surface area contributed by atoms with Gasteiger partial charge in [0, 0.05) is 13.0 Å². The second-order valence-corrected chi connectivity index (χ2v) is 9.95. The van der Waals surface area contributed by atoms with Crippen LogP contribution in [0.1, 0.15) is 55.5 Å². The van der Waals surface area contributed by atoms with E-state index in [2.05, 4.69) is 4.99 Å². The highest BCUT2D eigenvalue weighted by Gasteiger charge is 2.28. The van der Waals surface area contributed by atoms with Crippen LogP contribution in [0.5, 0.6) is 5.75 Å². The number of aliphatic imine (C=N–C) groups is 1. The standard InChI is InChI=1S/C27H26N4O7S.ClH/c28-27(29)30-19-5-3-16(4-6-19)26(37)38-20-7-8-21-17(10-20)1-2-18(21)11-23(32)31(13-24(33)34)12-15-9-22(25(35)36)39-14-15;/h3-10,14,18H,1-2,11-13H2,(H,33,34)(H,35,36)(H4,28,29,30);1H. The largest absolute Gasteiger partial charge is 0.480 e. The summed E-state index contributed by atoms with van der Waals surface area (Å²) in [4.78, 5) is 53.5. The molecular weight excluding hydrogens is 560 g/mol. The number of nitrogens with two attached hydrogens (primary N) is 2. The number of benzene rings is 2. The van der Waals surface area contributed by atoms with Gasteiger partial charge in [0.2, 0.25) is 5.91 Å². The maximum Gasteiger partial charge on any atom is 0.345 e. The number of thiophene rings is 1. The van der Waals surface area contributed by atoms with Crippen molar-refractivity contribution in [3.8, 4) is 5.75 Å². The first-order chi connectivity index (χ1) is 18.6. The molecule has 0 bridgehead atoms. The molecule has 1 heterocycles. The van der Waals surface area contributed by atoms with E-state index in [4.69, 9.17) is 21.3 Å². The maximum absolute atomic E-state index is 13.1. The van der Waals surface area contributed by atoms with Crippen LogP contribution in [0.3, 0.4) is 0 Å². The number of halogens is 1. The van der Waals surface area contributed by atoms with Gasteiger partial charge in [0.05, 0.1) is 11.3 Å². The number of guanidine groups is 1. The highest BCUT2D eigenvalue weighted by atomic mass is 35.5. The van der Waals surface area contributed by atoms with Gasteiger partial charge in [0.15, 0.2) is 5.96 Å². The second kappa shape index (κ2) is 13.1. The van der Waals surface area contributed by atoms with E-state index in [0.29, 0.717) is 35.4 Å². The zero-order valence-electron chi connectivity index (χ0n) is 21.1. The Balaban J connectivity index is 0.00000441. The number of ether oxygens (including phenoxy) is 1. The van der Waals surface area contributed by atoms with E-state index in [1.807, 2.05) is 6.07 Å². The minimum atomic E-state index is -1.15. The average Bonchev–Trinajstić information content (AvgIpc) is 3.50. The number of nitrogens with zero attached hydrogens (tertiary/aromatic N) is 2. The number of carboxylic acids is 2. The van der Waals surface area contributed by atoms with Gasteiger partial charge in [-0.25, -0.2) is 14.6 Å². The van der Waals surface area contributed by atoms with Gasteiger partial charge in [0.25, 0.3) is 0 Å². The van der Waals surface area contributed by atoms with Crippen LogP contribution in [-0.2, 0) is 22.6 Å². The number of carboxylic acid groups (broad SMARTS) is 2. The molecule has 13 heteroatoms. The van der Waals surface area contributed by atoms with Crippen molar-refractivity contribution in [3.05, 3.63) is 81.0 Å². The normalized spacial score (nSPS) is 13.4. The lowest BCUT2D eigenvalue weighted by atomic mass is 9.97. The number of hydrogen-bond acceptors (Lipinski definition) is 7. The van der Waals surface area contributed by atoms with Gasteiger partial charge < -0.3 is 31.3 Å². The molecule has 0 fully saturated rings. The van der Waals surface area contributed by atoms with Gasteiger partial charge in [-0.05, 0) is 83.3 Å². The number of hydrogen-bond donors (Lipinski definition) is 4. The molecule has 1 aliphatic rings. The number of fused-ring (bicyclic) bond motifs is 1. The van der Waals surface area contributed by atoms with E-state index in [9.17, 15) is 24.3 Å². The Kier molecular flexibility index (Phi) is 9.86. The molecule has 0 saturated heterocycles. The first-order valence-corrected chi connectivity index (χ1v) is 12.8. The molecule has 1 aliphatic carbocycles. The van der Waals surface area contributed by atoms with Crippen LogP contribution < -0.4 is 16.2 Å². The van der Waals surface area contributed by atoms with Gasteiger partial charge in [-0.2, -0.15) is 0 Å². The average molecular weight is 587 g/mol. The van der Waals surface area contributed by atoms with Gasteiger partial charge in [-0.1, -0.05) is 6.07 Å². The summed E-state index contributed by atoms with van der Waals surface area (Å²) in [6.45, 7) is -0.477. The van der Waals surface area contributed by atoms with Gasteiger partial charge >= 0.3 is 17.9 Å². The topological polar surface area (TPSA) is 186 Å². The Morgan fingerprint density at radius 2 is 1.77 bits per heavy atom. The summed E-state index contributed by atoms with van der Waals surface area (Å²) < 4.78 is 5.52. The summed E-state index contributed by atoms with van der Waals surface area (Å²) in [5, 5.41) is 20.0. The van der Waals surface area contributed by atoms with Crippen LogP contribution in [-0.4, -0.2) is 51.4 Å². The lowest BCUT2D eigenvalue weighted by Gasteiger charge is -2.22. The zero-order valence-corrected chi connectivity index (χ0v) is 22.7. The third-order valence-electron chi connectivity index (χ3n) is 6.23. The second-order valence-electron chi connectivity index (χ2n) is 9.04. The zero-order chi connectivity index (χ0) is 28.1.